The topological polar surface area (TPSA) is 33.2 Å². The van der Waals surface area contributed by atoms with Crippen LogP contribution in [0.3, 0.4) is 0 Å². The zero-order valence-electron chi connectivity index (χ0n) is 7.99. The van der Waals surface area contributed by atoms with Crippen LogP contribution in [0.2, 0.25) is 0 Å². The van der Waals surface area contributed by atoms with Gasteiger partial charge >= 0.3 is 0 Å². The van der Waals surface area contributed by atoms with Crippen molar-refractivity contribution in [3.63, 3.8) is 0 Å². The van der Waals surface area contributed by atoms with Gasteiger partial charge in [0.05, 0.1) is 0 Å². The summed E-state index contributed by atoms with van der Waals surface area (Å²) in [5.74, 6) is 0.629. The number of hydrogen-bond acceptors (Lipinski definition) is 2. The van der Waals surface area contributed by atoms with Crippen molar-refractivity contribution in [2.75, 3.05) is 18.4 Å². The lowest BCUT2D eigenvalue weighted by Gasteiger charge is -2.38. The van der Waals surface area contributed by atoms with Gasteiger partial charge in [-0.3, -0.25) is 4.79 Å². The van der Waals surface area contributed by atoms with Gasteiger partial charge in [0.2, 0.25) is 0 Å². The molecule has 5 heteroatoms. The molecule has 15 heavy (non-hydrogen) atoms. The number of alkyl halides is 1. The minimum Gasteiger partial charge on any atom is -0.337 e. The zero-order chi connectivity index (χ0) is 10.8. The van der Waals surface area contributed by atoms with Crippen molar-refractivity contribution in [2.24, 2.45) is 5.92 Å². The fraction of sp³-hybridized carbons (Fsp3) is 0.400. The van der Waals surface area contributed by atoms with Gasteiger partial charge in [0.15, 0.2) is 0 Å². The Kier molecular flexibility index (Phi) is 3.41. The SMILES string of the molecule is O=C(c1ccc(Br)cn1)N1CC(CBr)C1. The van der Waals surface area contributed by atoms with Gasteiger partial charge in [-0.2, -0.15) is 0 Å². The molecule has 0 saturated carbocycles. The molecule has 0 spiro atoms. The highest BCUT2D eigenvalue weighted by Gasteiger charge is 2.30. The summed E-state index contributed by atoms with van der Waals surface area (Å²) in [6, 6.07) is 3.58. The molecule has 80 valence electrons. The Morgan fingerprint density at radius 3 is 2.80 bits per heavy atom. The number of pyridine rings is 1. The molecule has 1 aromatic heterocycles. The van der Waals surface area contributed by atoms with E-state index >= 15 is 0 Å². The van der Waals surface area contributed by atoms with Crippen molar-refractivity contribution in [1.29, 1.82) is 0 Å². The maximum absolute atomic E-state index is 11.8. The Morgan fingerprint density at radius 2 is 2.27 bits per heavy atom. The fourth-order valence-electron chi connectivity index (χ4n) is 1.50. The summed E-state index contributed by atoms with van der Waals surface area (Å²) < 4.78 is 0.890. The molecule has 1 fully saturated rings. The average Bonchev–Trinajstić information content (AvgIpc) is 2.17. The second-order valence-corrected chi connectivity index (χ2v) is 5.16. The van der Waals surface area contributed by atoms with Crippen LogP contribution >= 0.6 is 31.9 Å². The molecule has 0 atom stereocenters. The quantitative estimate of drug-likeness (QED) is 0.778. The van der Waals surface area contributed by atoms with Crippen molar-refractivity contribution < 1.29 is 4.79 Å². The number of rotatable bonds is 2. The van der Waals surface area contributed by atoms with E-state index in [1.54, 1.807) is 12.3 Å². The minimum atomic E-state index is 0.0275. The third-order valence-corrected chi connectivity index (χ3v) is 3.79. The second kappa shape index (κ2) is 4.61. The monoisotopic (exact) mass is 332 g/mol. The highest BCUT2D eigenvalue weighted by atomic mass is 79.9. The van der Waals surface area contributed by atoms with E-state index in [1.807, 2.05) is 11.0 Å². The molecule has 0 unspecified atom stereocenters. The van der Waals surface area contributed by atoms with E-state index in [-0.39, 0.29) is 5.91 Å². The molecule has 3 nitrogen and oxygen atoms in total. The normalized spacial score (nSPS) is 16.3. The molecule has 1 saturated heterocycles. The molecule has 1 aliphatic heterocycles. The van der Waals surface area contributed by atoms with E-state index in [9.17, 15) is 4.79 Å². The minimum absolute atomic E-state index is 0.0275. The summed E-state index contributed by atoms with van der Waals surface area (Å²) in [6.45, 7) is 1.67. The van der Waals surface area contributed by atoms with Crippen LogP contribution in [-0.4, -0.2) is 34.2 Å². The Labute approximate surface area is 105 Å². The van der Waals surface area contributed by atoms with Crippen LogP contribution in [0.5, 0.6) is 0 Å². The van der Waals surface area contributed by atoms with Gasteiger partial charge in [-0.05, 0) is 28.1 Å². The van der Waals surface area contributed by atoms with Crippen LogP contribution in [0.15, 0.2) is 22.8 Å². The standard InChI is InChI=1S/C10H10Br2N2O/c11-3-7-5-14(6-7)10(15)9-2-1-8(12)4-13-9/h1-2,4,7H,3,5-6H2. The first-order valence-electron chi connectivity index (χ1n) is 4.67. The van der Waals surface area contributed by atoms with Crippen LogP contribution in [0, 0.1) is 5.92 Å². The molecule has 0 aliphatic carbocycles. The molecular formula is C10H10Br2N2O. The first-order chi connectivity index (χ1) is 7.20. The predicted molar refractivity (Wildman–Crippen MR) is 65.1 cm³/mol. The van der Waals surface area contributed by atoms with Crippen LogP contribution < -0.4 is 0 Å². The molecule has 1 aliphatic rings. The van der Waals surface area contributed by atoms with Gasteiger partial charge in [-0.25, -0.2) is 4.98 Å². The molecule has 2 heterocycles. The third kappa shape index (κ3) is 2.39. The number of halogens is 2. The van der Waals surface area contributed by atoms with Crippen LogP contribution in [0.1, 0.15) is 10.5 Å². The third-order valence-electron chi connectivity index (χ3n) is 2.41. The maximum Gasteiger partial charge on any atom is 0.272 e. The number of hydrogen-bond donors (Lipinski definition) is 0. The highest BCUT2D eigenvalue weighted by molar-refractivity contribution is 9.10. The molecule has 0 aromatic carbocycles. The smallest absolute Gasteiger partial charge is 0.272 e. The van der Waals surface area contributed by atoms with Gasteiger partial charge in [0.1, 0.15) is 5.69 Å². The van der Waals surface area contributed by atoms with Gasteiger partial charge in [0, 0.05) is 35.0 Å². The number of amides is 1. The zero-order valence-corrected chi connectivity index (χ0v) is 11.2. The lowest BCUT2D eigenvalue weighted by Crippen LogP contribution is -2.50. The van der Waals surface area contributed by atoms with E-state index in [2.05, 4.69) is 36.8 Å². The van der Waals surface area contributed by atoms with Crippen molar-refractivity contribution in [2.45, 2.75) is 0 Å². The summed E-state index contributed by atoms with van der Waals surface area (Å²) in [5.41, 5.74) is 0.520. The van der Waals surface area contributed by atoms with Crippen molar-refractivity contribution in [1.82, 2.24) is 9.88 Å². The van der Waals surface area contributed by atoms with Crippen molar-refractivity contribution >= 4 is 37.8 Å². The molecule has 2 rings (SSSR count). The Hall–Kier alpha value is -0.420. The Bertz CT molecular complexity index is 360. The van der Waals surface area contributed by atoms with Gasteiger partial charge in [0.25, 0.3) is 5.91 Å². The van der Waals surface area contributed by atoms with Crippen molar-refractivity contribution in [3.8, 4) is 0 Å². The van der Waals surface area contributed by atoms with E-state index < -0.39 is 0 Å². The summed E-state index contributed by atoms with van der Waals surface area (Å²) in [4.78, 5) is 17.7. The number of carbonyl (C=O) groups is 1. The van der Waals surface area contributed by atoms with E-state index in [0.717, 1.165) is 22.9 Å². The Morgan fingerprint density at radius 1 is 1.53 bits per heavy atom. The summed E-state index contributed by atoms with van der Waals surface area (Å²) in [7, 11) is 0. The number of aromatic nitrogens is 1. The molecule has 0 bridgehead atoms. The first kappa shape index (κ1) is 11.1. The summed E-state index contributed by atoms with van der Waals surface area (Å²) in [5, 5.41) is 0.963. The van der Waals surface area contributed by atoms with Crippen LogP contribution in [0.4, 0.5) is 0 Å². The van der Waals surface area contributed by atoms with E-state index in [4.69, 9.17) is 0 Å². The van der Waals surface area contributed by atoms with E-state index in [1.165, 1.54) is 0 Å². The predicted octanol–water partition coefficient (Wildman–Crippen LogP) is 2.31. The molecule has 0 N–H and O–H groups in total. The van der Waals surface area contributed by atoms with Crippen molar-refractivity contribution in [3.05, 3.63) is 28.5 Å². The van der Waals surface area contributed by atoms with Gasteiger partial charge < -0.3 is 4.90 Å². The maximum atomic E-state index is 11.8. The number of nitrogens with zero attached hydrogens (tertiary/aromatic N) is 2. The summed E-state index contributed by atoms with van der Waals surface area (Å²) >= 11 is 6.70. The van der Waals surface area contributed by atoms with Gasteiger partial charge in [-0.1, -0.05) is 15.9 Å². The molecule has 1 amide bonds. The van der Waals surface area contributed by atoms with Crippen LogP contribution in [-0.2, 0) is 0 Å². The lowest BCUT2D eigenvalue weighted by molar-refractivity contribution is 0.0533. The number of likely N-dealkylation sites (tertiary alicyclic amines) is 1. The first-order valence-corrected chi connectivity index (χ1v) is 6.59. The Balaban J connectivity index is 2.00. The molecule has 1 aromatic rings. The fourth-order valence-corrected chi connectivity index (χ4v) is 2.14. The lowest BCUT2D eigenvalue weighted by atomic mass is 10.0. The molecular weight excluding hydrogens is 324 g/mol. The summed E-state index contributed by atoms with van der Waals surface area (Å²) in [6.07, 6.45) is 1.65. The second-order valence-electron chi connectivity index (χ2n) is 3.59. The highest BCUT2D eigenvalue weighted by Crippen LogP contribution is 2.20. The van der Waals surface area contributed by atoms with Crippen LogP contribution in [0.25, 0.3) is 0 Å². The number of carbonyl (C=O) groups excluding carboxylic acids is 1. The molecule has 0 radical (unpaired) electrons. The average molecular weight is 334 g/mol. The largest absolute Gasteiger partial charge is 0.337 e. The van der Waals surface area contributed by atoms with E-state index in [0.29, 0.717) is 11.6 Å². The van der Waals surface area contributed by atoms with Gasteiger partial charge in [-0.15, -0.1) is 0 Å².